The Kier molecular flexibility index (Phi) is 5.16. The first-order chi connectivity index (χ1) is 8.45. The van der Waals surface area contributed by atoms with E-state index >= 15 is 0 Å². The summed E-state index contributed by atoms with van der Waals surface area (Å²) in [7, 11) is 0. The van der Waals surface area contributed by atoms with E-state index in [2.05, 4.69) is 5.32 Å². The normalized spacial score (nSPS) is 12.9. The molecular weight excluding hydrogens is 230 g/mol. The van der Waals surface area contributed by atoms with Crippen molar-refractivity contribution >= 4 is 6.09 Å². The van der Waals surface area contributed by atoms with Crippen LogP contribution in [0, 0.1) is 5.41 Å². The fourth-order valence-electron chi connectivity index (χ4n) is 1.27. The Bertz CT molecular complexity index is 376. The van der Waals surface area contributed by atoms with Crippen LogP contribution in [0.1, 0.15) is 26.3 Å². The summed E-state index contributed by atoms with van der Waals surface area (Å²) in [5.74, 6) is 0. The van der Waals surface area contributed by atoms with Gasteiger partial charge in [-0.1, -0.05) is 44.2 Å². The summed E-state index contributed by atoms with van der Waals surface area (Å²) < 4.78 is 5.11. The second kappa shape index (κ2) is 6.40. The summed E-state index contributed by atoms with van der Waals surface area (Å²) in [6.07, 6.45) is -0.465. The van der Waals surface area contributed by atoms with Gasteiger partial charge in [0.15, 0.2) is 0 Å². The Morgan fingerprint density at radius 2 is 2.00 bits per heavy atom. The Morgan fingerprint density at radius 3 is 2.56 bits per heavy atom. The first kappa shape index (κ1) is 14.5. The maximum atomic E-state index is 11.6. The quantitative estimate of drug-likeness (QED) is 0.844. The molecule has 0 bridgehead atoms. The van der Waals surface area contributed by atoms with E-state index < -0.39 is 6.09 Å². The zero-order valence-corrected chi connectivity index (χ0v) is 11.1. The average Bonchev–Trinajstić information content (AvgIpc) is 2.37. The highest BCUT2D eigenvalue weighted by Gasteiger charge is 2.26. The number of rotatable bonds is 5. The predicted molar refractivity (Wildman–Crippen MR) is 70.1 cm³/mol. The van der Waals surface area contributed by atoms with E-state index in [1.165, 1.54) is 0 Å². The van der Waals surface area contributed by atoms with Crippen LogP contribution in [0.3, 0.4) is 0 Å². The van der Waals surface area contributed by atoms with Crippen LogP contribution in [0.5, 0.6) is 0 Å². The Labute approximate surface area is 108 Å². The van der Waals surface area contributed by atoms with Crippen molar-refractivity contribution in [1.82, 2.24) is 5.32 Å². The topological polar surface area (TPSA) is 58.6 Å². The Morgan fingerprint density at radius 1 is 1.39 bits per heavy atom. The molecule has 0 aliphatic rings. The minimum Gasteiger partial charge on any atom is -0.445 e. The molecule has 100 valence electrons. The molecule has 0 saturated heterocycles. The van der Waals surface area contributed by atoms with E-state index in [0.717, 1.165) is 5.56 Å². The Hall–Kier alpha value is -1.55. The van der Waals surface area contributed by atoms with E-state index in [-0.39, 0.29) is 24.7 Å². The SMILES string of the molecule is CC(NC(=O)OCc1ccccc1)C(C)(C)CO. The van der Waals surface area contributed by atoms with Crippen molar-refractivity contribution in [1.29, 1.82) is 0 Å². The van der Waals surface area contributed by atoms with Gasteiger partial charge in [-0.25, -0.2) is 4.79 Å². The molecule has 0 radical (unpaired) electrons. The van der Waals surface area contributed by atoms with Crippen molar-refractivity contribution in [3.05, 3.63) is 35.9 Å². The van der Waals surface area contributed by atoms with Gasteiger partial charge < -0.3 is 15.2 Å². The third kappa shape index (κ3) is 4.37. The highest BCUT2D eigenvalue weighted by atomic mass is 16.5. The number of benzene rings is 1. The molecule has 1 rings (SSSR count). The highest BCUT2D eigenvalue weighted by molar-refractivity contribution is 5.67. The van der Waals surface area contributed by atoms with E-state index in [0.29, 0.717) is 0 Å². The van der Waals surface area contributed by atoms with Crippen LogP contribution in [0.25, 0.3) is 0 Å². The molecule has 0 fully saturated rings. The molecule has 1 amide bonds. The molecule has 0 spiro atoms. The summed E-state index contributed by atoms with van der Waals surface area (Å²) in [4.78, 5) is 11.6. The number of aliphatic hydroxyl groups excluding tert-OH is 1. The number of nitrogens with one attached hydrogen (secondary N) is 1. The van der Waals surface area contributed by atoms with Crippen LogP contribution in [-0.2, 0) is 11.3 Å². The molecule has 2 N–H and O–H groups in total. The Balaban J connectivity index is 2.39. The van der Waals surface area contributed by atoms with Crippen LogP contribution < -0.4 is 5.32 Å². The highest BCUT2D eigenvalue weighted by Crippen LogP contribution is 2.19. The van der Waals surface area contributed by atoms with Crippen LogP contribution in [0.4, 0.5) is 4.79 Å². The minimum absolute atomic E-state index is 0.00708. The first-order valence-electron chi connectivity index (χ1n) is 6.04. The molecule has 0 saturated carbocycles. The molecule has 0 heterocycles. The largest absolute Gasteiger partial charge is 0.445 e. The lowest BCUT2D eigenvalue weighted by Gasteiger charge is -2.29. The van der Waals surface area contributed by atoms with E-state index in [4.69, 9.17) is 4.74 Å². The number of amides is 1. The third-order valence-corrected chi connectivity index (χ3v) is 3.13. The predicted octanol–water partition coefficient (Wildman–Crippen LogP) is 2.32. The van der Waals surface area contributed by atoms with Gasteiger partial charge >= 0.3 is 6.09 Å². The van der Waals surface area contributed by atoms with Gasteiger partial charge in [-0.15, -0.1) is 0 Å². The molecule has 4 nitrogen and oxygen atoms in total. The molecule has 1 aromatic rings. The maximum absolute atomic E-state index is 11.6. The van der Waals surface area contributed by atoms with Crippen molar-refractivity contribution in [2.45, 2.75) is 33.4 Å². The van der Waals surface area contributed by atoms with Gasteiger partial charge in [0.25, 0.3) is 0 Å². The number of alkyl carbamates (subject to hydrolysis) is 1. The van der Waals surface area contributed by atoms with Gasteiger partial charge in [0.1, 0.15) is 6.61 Å². The smallest absolute Gasteiger partial charge is 0.407 e. The minimum atomic E-state index is -0.465. The summed E-state index contributed by atoms with van der Waals surface area (Å²) in [5.41, 5.74) is 0.577. The van der Waals surface area contributed by atoms with Gasteiger partial charge in [0.05, 0.1) is 6.61 Å². The van der Waals surface area contributed by atoms with Crippen molar-refractivity contribution in [2.75, 3.05) is 6.61 Å². The zero-order chi connectivity index (χ0) is 13.6. The molecule has 4 heteroatoms. The number of ether oxygens (including phenoxy) is 1. The van der Waals surface area contributed by atoms with Gasteiger partial charge in [0.2, 0.25) is 0 Å². The number of carbonyl (C=O) groups is 1. The maximum Gasteiger partial charge on any atom is 0.407 e. The van der Waals surface area contributed by atoms with E-state index in [9.17, 15) is 9.90 Å². The van der Waals surface area contributed by atoms with Gasteiger partial charge in [-0.2, -0.15) is 0 Å². The van der Waals surface area contributed by atoms with E-state index in [1.54, 1.807) is 0 Å². The molecule has 0 aromatic heterocycles. The first-order valence-corrected chi connectivity index (χ1v) is 6.04. The second-order valence-electron chi connectivity index (χ2n) is 5.07. The van der Waals surface area contributed by atoms with Gasteiger partial charge in [-0.05, 0) is 12.5 Å². The van der Waals surface area contributed by atoms with E-state index in [1.807, 2.05) is 51.1 Å². The molecule has 1 aromatic carbocycles. The van der Waals surface area contributed by atoms with Gasteiger partial charge in [0, 0.05) is 11.5 Å². The van der Waals surface area contributed by atoms with Crippen LogP contribution in [0.2, 0.25) is 0 Å². The van der Waals surface area contributed by atoms with Crippen molar-refractivity contribution in [3.63, 3.8) is 0 Å². The molecule has 1 unspecified atom stereocenters. The van der Waals surface area contributed by atoms with Gasteiger partial charge in [-0.3, -0.25) is 0 Å². The fourth-order valence-corrected chi connectivity index (χ4v) is 1.27. The fraction of sp³-hybridized carbons (Fsp3) is 0.500. The van der Waals surface area contributed by atoms with Crippen LogP contribution >= 0.6 is 0 Å². The number of aliphatic hydroxyl groups is 1. The standard InChI is InChI=1S/C14H21NO3/c1-11(14(2,3)10-16)15-13(17)18-9-12-7-5-4-6-8-12/h4-8,11,16H,9-10H2,1-3H3,(H,15,17). The van der Waals surface area contributed by atoms with Crippen molar-refractivity contribution in [2.24, 2.45) is 5.41 Å². The molecule has 0 aliphatic heterocycles. The molecule has 18 heavy (non-hydrogen) atoms. The lowest BCUT2D eigenvalue weighted by molar-refractivity contribution is 0.101. The second-order valence-corrected chi connectivity index (χ2v) is 5.07. The lowest BCUT2D eigenvalue weighted by atomic mass is 9.87. The monoisotopic (exact) mass is 251 g/mol. The average molecular weight is 251 g/mol. The number of carbonyl (C=O) groups excluding carboxylic acids is 1. The van der Waals surface area contributed by atoms with Crippen LogP contribution in [0.15, 0.2) is 30.3 Å². The lowest BCUT2D eigenvalue weighted by Crippen LogP contribution is -2.44. The molecular formula is C14H21NO3. The summed E-state index contributed by atoms with van der Waals surface area (Å²) >= 11 is 0. The summed E-state index contributed by atoms with van der Waals surface area (Å²) in [6, 6.07) is 9.34. The number of hydrogen-bond donors (Lipinski definition) is 2. The van der Waals surface area contributed by atoms with Crippen molar-refractivity contribution in [3.8, 4) is 0 Å². The zero-order valence-electron chi connectivity index (χ0n) is 11.1. The molecule has 1 atom stereocenters. The van der Waals surface area contributed by atoms with Crippen molar-refractivity contribution < 1.29 is 14.6 Å². The third-order valence-electron chi connectivity index (χ3n) is 3.13. The summed E-state index contributed by atoms with van der Waals surface area (Å²) in [5, 5.41) is 11.9. The number of hydrogen-bond acceptors (Lipinski definition) is 3. The molecule has 0 aliphatic carbocycles. The van der Waals surface area contributed by atoms with Crippen LogP contribution in [-0.4, -0.2) is 23.8 Å². The summed E-state index contributed by atoms with van der Waals surface area (Å²) in [6.45, 7) is 5.87.